The normalized spacial score (nSPS) is 20.6. The number of carbonyl (C=O) groups is 2. The van der Waals surface area contributed by atoms with Crippen molar-refractivity contribution in [1.29, 1.82) is 0 Å². The molecule has 0 radical (unpaired) electrons. The Kier molecular flexibility index (Phi) is 6.27. The van der Waals surface area contributed by atoms with Gasteiger partial charge in [-0.15, -0.1) is 0 Å². The van der Waals surface area contributed by atoms with Gasteiger partial charge in [0.2, 0.25) is 11.8 Å². The molecule has 2 aliphatic rings. The number of hydrogen-bond acceptors (Lipinski definition) is 3. The van der Waals surface area contributed by atoms with Crippen LogP contribution in [0, 0.1) is 23.4 Å². The number of hydrogen-bond donors (Lipinski definition) is 2. The quantitative estimate of drug-likeness (QED) is 0.581. The number of halogens is 3. The minimum atomic E-state index is -0.703. The SMILES string of the molecule is CN1CCN(C(=O)CNC(=O)C2CC(c3c(-c4ccc(F)cc4)[nH]c4c(F)cc(F)cc34)C2)CC1. The summed E-state index contributed by atoms with van der Waals surface area (Å²) >= 11 is 0. The largest absolute Gasteiger partial charge is 0.352 e. The molecular formula is C26H27F3N4O2. The number of aromatic nitrogens is 1. The molecule has 2 heterocycles. The molecule has 0 bridgehead atoms. The summed E-state index contributed by atoms with van der Waals surface area (Å²) in [6.45, 7) is 2.89. The van der Waals surface area contributed by atoms with Gasteiger partial charge in [-0.2, -0.15) is 0 Å². The lowest BCUT2D eigenvalue weighted by atomic mass is 9.70. The number of benzene rings is 2. The van der Waals surface area contributed by atoms with Gasteiger partial charge in [0.05, 0.1) is 17.8 Å². The van der Waals surface area contributed by atoms with Crippen LogP contribution < -0.4 is 5.32 Å². The van der Waals surface area contributed by atoms with Gasteiger partial charge < -0.3 is 20.1 Å². The van der Waals surface area contributed by atoms with Crippen molar-refractivity contribution in [1.82, 2.24) is 20.1 Å². The Balaban J connectivity index is 1.30. The first-order valence-electron chi connectivity index (χ1n) is 11.8. The lowest BCUT2D eigenvalue weighted by Crippen LogP contribution is -2.50. The molecule has 35 heavy (non-hydrogen) atoms. The molecule has 5 rings (SSSR count). The molecule has 2 aromatic carbocycles. The molecule has 1 saturated heterocycles. The molecule has 1 saturated carbocycles. The smallest absolute Gasteiger partial charge is 0.242 e. The zero-order valence-corrected chi connectivity index (χ0v) is 19.4. The second-order valence-electron chi connectivity index (χ2n) is 9.50. The second kappa shape index (κ2) is 9.37. The predicted molar refractivity (Wildman–Crippen MR) is 126 cm³/mol. The topological polar surface area (TPSA) is 68.4 Å². The van der Waals surface area contributed by atoms with Crippen LogP contribution in [0.2, 0.25) is 0 Å². The third kappa shape index (κ3) is 4.65. The average molecular weight is 485 g/mol. The molecule has 2 N–H and O–H groups in total. The molecule has 184 valence electrons. The first-order valence-corrected chi connectivity index (χ1v) is 11.8. The van der Waals surface area contributed by atoms with Gasteiger partial charge in [0.15, 0.2) is 0 Å². The van der Waals surface area contributed by atoms with E-state index in [0.29, 0.717) is 42.6 Å². The molecule has 0 spiro atoms. The van der Waals surface area contributed by atoms with Gasteiger partial charge in [0, 0.05) is 43.5 Å². The number of H-pyrrole nitrogens is 1. The summed E-state index contributed by atoms with van der Waals surface area (Å²) in [5.41, 5.74) is 2.16. The summed E-state index contributed by atoms with van der Waals surface area (Å²) < 4.78 is 42.1. The number of amides is 2. The van der Waals surface area contributed by atoms with Crippen LogP contribution in [-0.4, -0.2) is 66.4 Å². The Morgan fingerprint density at radius 2 is 1.69 bits per heavy atom. The molecule has 3 aromatic rings. The number of rotatable bonds is 5. The monoisotopic (exact) mass is 484 g/mol. The number of carbonyl (C=O) groups excluding carboxylic acids is 2. The van der Waals surface area contributed by atoms with Gasteiger partial charge in [-0.05, 0) is 67.3 Å². The highest BCUT2D eigenvalue weighted by Gasteiger charge is 2.38. The van der Waals surface area contributed by atoms with Crippen molar-refractivity contribution in [3.05, 3.63) is 59.4 Å². The standard InChI is InChI=1S/C26H27F3N4O2/c1-32-6-8-33(9-7-32)22(34)14-30-26(35)17-10-16(11-17)23-20-12-19(28)13-21(29)25(20)31-24(23)15-2-4-18(27)5-3-15/h2-5,12-13,16-17,31H,6-11,14H2,1H3,(H,30,35). The second-order valence-corrected chi connectivity index (χ2v) is 9.50. The van der Waals surface area contributed by atoms with Crippen LogP contribution >= 0.6 is 0 Å². The third-order valence-electron chi connectivity index (χ3n) is 7.18. The first kappa shape index (κ1) is 23.4. The summed E-state index contributed by atoms with van der Waals surface area (Å²) in [5.74, 6) is -2.45. The van der Waals surface area contributed by atoms with E-state index in [0.717, 1.165) is 24.7 Å². The fraction of sp³-hybridized carbons (Fsp3) is 0.385. The van der Waals surface area contributed by atoms with Crippen LogP contribution in [0.15, 0.2) is 36.4 Å². The average Bonchev–Trinajstić information content (AvgIpc) is 3.17. The molecule has 9 heteroatoms. The summed E-state index contributed by atoms with van der Waals surface area (Å²) in [4.78, 5) is 32.1. The van der Waals surface area contributed by atoms with Gasteiger partial charge in [-0.1, -0.05) is 0 Å². The zero-order valence-electron chi connectivity index (χ0n) is 19.4. The Bertz CT molecular complexity index is 1260. The van der Waals surface area contributed by atoms with Gasteiger partial charge >= 0.3 is 0 Å². The van der Waals surface area contributed by atoms with Crippen molar-refractivity contribution in [2.75, 3.05) is 39.8 Å². The number of nitrogens with one attached hydrogen (secondary N) is 2. The molecule has 2 amide bonds. The highest BCUT2D eigenvalue weighted by molar-refractivity contribution is 5.93. The molecule has 1 aliphatic carbocycles. The molecule has 0 atom stereocenters. The first-order chi connectivity index (χ1) is 16.8. The van der Waals surface area contributed by atoms with Crippen molar-refractivity contribution < 1.29 is 22.8 Å². The lowest BCUT2D eigenvalue weighted by Gasteiger charge is -2.35. The van der Waals surface area contributed by atoms with E-state index >= 15 is 0 Å². The van der Waals surface area contributed by atoms with Gasteiger partial charge in [0.25, 0.3) is 0 Å². The molecular weight excluding hydrogens is 457 g/mol. The molecule has 6 nitrogen and oxygen atoms in total. The zero-order chi connectivity index (χ0) is 24.7. The Morgan fingerprint density at radius 3 is 2.37 bits per heavy atom. The maximum Gasteiger partial charge on any atom is 0.242 e. The number of nitrogens with zero attached hydrogens (tertiary/aromatic N) is 2. The van der Waals surface area contributed by atoms with Crippen molar-refractivity contribution in [3.63, 3.8) is 0 Å². The maximum atomic E-state index is 14.5. The molecule has 0 unspecified atom stereocenters. The fourth-order valence-corrected chi connectivity index (χ4v) is 5.05. The van der Waals surface area contributed by atoms with E-state index in [1.54, 1.807) is 17.0 Å². The Morgan fingerprint density at radius 1 is 1.00 bits per heavy atom. The highest BCUT2D eigenvalue weighted by Crippen LogP contribution is 2.48. The van der Waals surface area contributed by atoms with Crippen LogP contribution in [0.3, 0.4) is 0 Å². The van der Waals surface area contributed by atoms with Crippen LogP contribution in [0.4, 0.5) is 13.2 Å². The molecule has 2 fully saturated rings. The van der Waals surface area contributed by atoms with E-state index in [1.807, 2.05) is 7.05 Å². The van der Waals surface area contributed by atoms with Crippen LogP contribution in [0.5, 0.6) is 0 Å². The highest BCUT2D eigenvalue weighted by atomic mass is 19.1. The Hall–Kier alpha value is -3.33. The van der Waals surface area contributed by atoms with Gasteiger partial charge in [-0.25, -0.2) is 13.2 Å². The van der Waals surface area contributed by atoms with Crippen molar-refractivity contribution in [2.24, 2.45) is 5.92 Å². The number of aromatic amines is 1. The van der Waals surface area contributed by atoms with Crippen LogP contribution in [0.25, 0.3) is 22.2 Å². The minimum Gasteiger partial charge on any atom is -0.352 e. The van der Waals surface area contributed by atoms with Gasteiger partial charge in [-0.3, -0.25) is 9.59 Å². The van der Waals surface area contributed by atoms with Crippen molar-refractivity contribution >= 4 is 22.7 Å². The van der Waals surface area contributed by atoms with Crippen LogP contribution in [-0.2, 0) is 9.59 Å². The molecule has 1 aliphatic heterocycles. The molecule has 1 aromatic heterocycles. The fourth-order valence-electron chi connectivity index (χ4n) is 5.05. The Labute approximate surface area is 201 Å². The predicted octanol–water partition coefficient (Wildman–Crippen LogP) is 3.64. The van der Waals surface area contributed by atoms with E-state index in [4.69, 9.17) is 0 Å². The summed E-state index contributed by atoms with van der Waals surface area (Å²) in [5, 5.41) is 3.18. The minimum absolute atomic E-state index is 0.0337. The maximum absolute atomic E-state index is 14.5. The number of piperazine rings is 1. The van der Waals surface area contributed by atoms with Crippen molar-refractivity contribution in [2.45, 2.75) is 18.8 Å². The number of likely N-dealkylation sites (N-methyl/N-ethyl adjacent to an activating group) is 1. The van der Waals surface area contributed by atoms with E-state index in [9.17, 15) is 22.8 Å². The summed E-state index contributed by atoms with van der Waals surface area (Å²) in [6, 6.07) is 7.92. The van der Waals surface area contributed by atoms with Crippen molar-refractivity contribution in [3.8, 4) is 11.3 Å². The van der Waals surface area contributed by atoms with Crippen LogP contribution in [0.1, 0.15) is 24.3 Å². The lowest BCUT2D eigenvalue weighted by molar-refractivity contribution is -0.136. The van der Waals surface area contributed by atoms with E-state index < -0.39 is 17.5 Å². The third-order valence-corrected chi connectivity index (χ3v) is 7.18. The summed E-state index contributed by atoms with van der Waals surface area (Å²) in [6.07, 6.45) is 0.988. The van der Waals surface area contributed by atoms with E-state index in [1.165, 1.54) is 18.2 Å². The summed E-state index contributed by atoms with van der Waals surface area (Å²) in [7, 11) is 2.01. The van der Waals surface area contributed by atoms with E-state index in [2.05, 4.69) is 15.2 Å². The van der Waals surface area contributed by atoms with Gasteiger partial charge in [0.1, 0.15) is 17.5 Å². The number of fused-ring (bicyclic) bond motifs is 1. The van der Waals surface area contributed by atoms with E-state index in [-0.39, 0.29) is 35.7 Å².